The summed E-state index contributed by atoms with van der Waals surface area (Å²) in [5.74, 6) is 0.0768. The van der Waals surface area contributed by atoms with Crippen LogP contribution in [0, 0.1) is 6.92 Å². The number of thiophene rings is 1. The lowest BCUT2D eigenvalue weighted by molar-refractivity contribution is 0.0956. The number of alkyl halides is 1. The predicted octanol–water partition coefficient (Wildman–Crippen LogP) is 3.74. The van der Waals surface area contributed by atoms with Crippen LogP contribution in [0.1, 0.15) is 40.9 Å². The highest BCUT2D eigenvalue weighted by molar-refractivity contribution is 9.09. The molecular formula is C12H18BrNOS. The van der Waals surface area contributed by atoms with Gasteiger partial charge in [-0.25, -0.2) is 0 Å². The van der Waals surface area contributed by atoms with E-state index in [1.165, 1.54) is 30.6 Å². The van der Waals surface area contributed by atoms with Crippen molar-refractivity contribution in [1.82, 2.24) is 5.32 Å². The van der Waals surface area contributed by atoms with Gasteiger partial charge in [-0.3, -0.25) is 4.79 Å². The number of hydrogen-bond donors (Lipinski definition) is 1. The van der Waals surface area contributed by atoms with Gasteiger partial charge in [-0.15, -0.1) is 11.3 Å². The molecule has 1 aromatic heterocycles. The summed E-state index contributed by atoms with van der Waals surface area (Å²) in [6.07, 6.45) is 4.72. The first-order chi connectivity index (χ1) is 7.75. The average molecular weight is 304 g/mol. The van der Waals surface area contributed by atoms with Crippen LogP contribution in [0.2, 0.25) is 0 Å². The van der Waals surface area contributed by atoms with Crippen molar-refractivity contribution in [2.24, 2.45) is 0 Å². The molecule has 0 atom stereocenters. The molecule has 90 valence electrons. The zero-order valence-electron chi connectivity index (χ0n) is 9.59. The summed E-state index contributed by atoms with van der Waals surface area (Å²) < 4.78 is 0. The summed E-state index contributed by atoms with van der Waals surface area (Å²) in [5, 5.41) is 6.00. The van der Waals surface area contributed by atoms with Gasteiger partial charge in [0.25, 0.3) is 5.91 Å². The van der Waals surface area contributed by atoms with Crippen LogP contribution in [0.3, 0.4) is 0 Å². The Morgan fingerprint density at radius 1 is 1.38 bits per heavy atom. The minimum atomic E-state index is 0.0768. The first-order valence-electron chi connectivity index (χ1n) is 5.64. The fourth-order valence-corrected chi connectivity index (χ4v) is 2.70. The van der Waals surface area contributed by atoms with Gasteiger partial charge in [0.15, 0.2) is 0 Å². The van der Waals surface area contributed by atoms with Gasteiger partial charge >= 0.3 is 0 Å². The third kappa shape index (κ3) is 4.66. The van der Waals surface area contributed by atoms with E-state index < -0.39 is 0 Å². The van der Waals surface area contributed by atoms with Crippen molar-refractivity contribution in [2.75, 3.05) is 11.9 Å². The van der Waals surface area contributed by atoms with Crippen LogP contribution in [-0.2, 0) is 0 Å². The molecule has 0 aliphatic carbocycles. The smallest absolute Gasteiger partial charge is 0.261 e. The van der Waals surface area contributed by atoms with E-state index in [4.69, 9.17) is 0 Å². The first kappa shape index (κ1) is 13.7. The zero-order chi connectivity index (χ0) is 11.8. The van der Waals surface area contributed by atoms with E-state index in [0.717, 1.165) is 28.7 Å². The third-order valence-electron chi connectivity index (χ3n) is 2.41. The van der Waals surface area contributed by atoms with Crippen molar-refractivity contribution in [3.63, 3.8) is 0 Å². The van der Waals surface area contributed by atoms with Crippen LogP contribution in [0.5, 0.6) is 0 Å². The fraction of sp³-hybridized carbons (Fsp3) is 0.583. The minimum absolute atomic E-state index is 0.0768. The lowest BCUT2D eigenvalue weighted by atomic mass is 10.2. The van der Waals surface area contributed by atoms with Crippen LogP contribution in [-0.4, -0.2) is 17.8 Å². The van der Waals surface area contributed by atoms with Gasteiger partial charge in [-0.05, 0) is 36.8 Å². The van der Waals surface area contributed by atoms with E-state index in [2.05, 4.69) is 21.2 Å². The van der Waals surface area contributed by atoms with Gasteiger partial charge in [0.2, 0.25) is 0 Å². The summed E-state index contributed by atoms with van der Waals surface area (Å²) in [4.78, 5) is 12.6. The second kappa shape index (κ2) is 7.85. The molecule has 0 saturated heterocycles. The van der Waals surface area contributed by atoms with E-state index in [1.807, 2.05) is 18.4 Å². The molecule has 0 fully saturated rings. The summed E-state index contributed by atoms with van der Waals surface area (Å²) in [6, 6.07) is 1.98. The molecule has 0 unspecified atom stereocenters. The van der Waals surface area contributed by atoms with Crippen molar-refractivity contribution >= 4 is 33.2 Å². The summed E-state index contributed by atoms with van der Waals surface area (Å²) in [5.41, 5.74) is 1.07. The van der Waals surface area contributed by atoms with Crippen LogP contribution in [0.4, 0.5) is 0 Å². The third-order valence-corrected chi connectivity index (χ3v) is 3.99. The maximum Gasteiger partial charge on any atom is 0.261 e. The van der Waals surface area contributed by atoms with E-state index >= 15 is 0 Å². The van der Waals surface area contributed by atoms with Crippen LogP contribution in [0.15, 0.2) is 11.4 Å². The second-order valence-electron chi connectivity index (χ2n) is 3.79. The van der Waals surface area contributed by atoms with Gasteiger partial charge in [0.05, 0.1) is 4.88 Å². The normalized spacial score (nSPS) is 10.4. The first-order valence-corrected chi connectivity index (χ1v) is 7.64. The molecule has 0 spiro atoms. The van der Waals surface area contributed by atoms with E-state index in [9.17, 15) is 4.79 Å². The molecule has 0 aliphatic heterocycles. The SMILES string of the molecule is Cc1ccsc1C(=O)NCCCCCCBr. The van der Waals surface area contributed by atoms with Crippen molar-refractivity contribution in [3.8, 4) is 0 Å². The molecule has 1 heterocycles. The number of rotatable bonds is 7. The predicted molar refractivity (Wildman–Crippen MR) is 73.7 cm³/mol. The number of carbonyl (C=O) groups excluding carboxylic acids is 1. The van der Waals surface area contributed by atoms with Crippen LogP contribution >= 0.6 is 27.3 Å². The largest absolute Gasteiger partial charge is 0.351 e. The Bertz CT molecular complexity index is 325. The second-order valence-corrected chi connectivity index (χ2v) is 5.50. The lowest BCUT2D eigenvalue weighted by Gasteiger charge is -2.04. The number of carbonyl (C=O) groups is 1. The Labute approximate surface area is 110 Å². The van der Waals surface area contributed by atoms with Crippen LogP contribution < -0.4 is 5.32 Å². The highest BCUT2D eigenvalue weighted by atomic mass is 79.9. The molecule has 4 heteroatoms. The molecule has 1 rings (SSSR count). The van der Waals surface area contributed by atoms with Crippen molar-refractivity contribution in [3.05, 3.63) is 21.9 Å². The van der Waals surface area contributed by atoms with Gasteiger partial charge in [0.1, 0.15) is 0 Å². The highest BCUT2D eigenvalue weighted by Gasteiger charge is 2.08. The van der Waals surface area contributed by atoms with Crippen molar-refractivity contribution < 1.29 is 4.79 Å². The maximum absolute atomic E-state index is 11.7. The average Bonchev–Trinajstić information content (AvgIpc) is 2.69. The van der Waals surface area contributed by atoms with Gasteiger partial charge in [-0.1, -0.05) is 28.8 Å². The molecule has 0 bridgehead atoms. The summed E-state index contributed by atoms with van der Waals surface area (Å²) in [7, 11) is 0. The van der Waals surface area contributed by atoms with E-state index in [-0.39, 0.29) is 5.91 Å². The molecule has 2 nitrogen and oxygen atoms in total. The number of unbranched alkanes of at least 4 members (excludes halogenated alkanes) is 3. The Morgan fingerprint density at radius 3 is 2.75 bits per heavy atom. The molecule has 0 radical (unpaired) electrons. The Kier molecular flexibility index (Phi) is 6.73. The maximum atomic E-state index is 11.7. The van der Waals surface area contributed by atoms with Gasteiger partial charge in [-0.2, -0.15) is 0 Å². The molecular weight excluding hydrogens is 286 g/mol. The van der Waals surface area contributed by atoms with Crippen LogP contribution in [0.25, 0.3) is 0 Å². The Balaban J connectivity index is 2.14. The van der Waals surface area contributed by atoms with Gasteiger partial charge in [0, 0.05) is 11.9 Å². The number of nitrogens with one attached hydrogen (secondary N) is 1. The standard InChI is InChI=1S/C12H18BrNOS/c1-10-6-9-16-11(10)12(15)14-8-5-3-2-4-7-13/h6,9H,2-5,7-8H2,1H3,(H,14,15). The Morgan fingerprint density at radius 2 is 2.12 bits per heavy atom. The monoisotopic (exact) mass is 303 g/mol. The van der Waals surface area contributed by atoms with Crippen molar-refractivity contribution in [2.45, 2.75) is 32.6 Å². The van der Waals surface area contributed by atoms with E-state index in [0.29, 0.717) is 0 Å². The quantitative estimate of drug-likeness (QED) is 0.603. The number of aryl methyl sites for hydroxylation is 1. The molecule has 0 saturated carbocycles. The molecule has 16 heavy (non-hydrogen) atoms. The zero-order valence-corrected chi connectivity index (χ0v) is 12.0. The lowest BCUT2D eigenvalue weighted by Crippen LogP contribution is -2.24. The number of hydrogen-bond acceptors (Lipinski definition) is 2. The highest BCUT2D eigenvalue weighted by Crippen LogP contribution is 2.14. The molecule has 1 amide bonds. The number of halogens is 1. The van der Waals surface area contributed by atoms with Gasteiger partial charge < -0.3 is 5.32 Å². The molecule has 0 aromatic carbocycles. The minimum Gasteiger partial charge on any atom is -0.351 e. The summed E-state index contributed by atoms with van der Waals surface area (Å²) in [6.45, 7) is 2.76. The Hall–Kier alpha value is -0.350. The molecule has 0 aliphatic rings. The van der Waals surface area contributed by atoms with Crippen molar-refractivity contribution in [1.29, 1.82) is 0 Å². The molecule has 1 aromatic rings. The molecule has 1 N–H and O–H groups in total. The summed E-state index contributed by atoms with van der Waals surface area (Å²) >= 11 is 4.92. The van der Waals surface area contributed by atoms with E-state index in [1.54, 1.807) is 0 Å². The fourth-order valence-electron chi connectivity index (χ4n) is 1.46. The number of amides is 1. The topological polar surface area (TPSA) is 29.1 Å².